The Morgan fingerprint density at radius 2 is 1.84 bits per heavy atom. The maximum absolute atomic E-state index is 13.3. The Morgan fingerprint density at radius 1 is 1.10 bits per heavy atom. The van der Waals surface area contributed by atoms with E-state index in [9.17, 15) is 18.0 Å². The normalized spacial score (nSPS) is 11.4. The van der Waals surface area contributed by atoms with Crippen LogP contribution in [0, 0.1) is 11.3 Å². The van der Waals surface area contributed by atoms with E-state index in [-0.39, 0.29) is 17.9 Å². The van der Waals surface area contributed by atoms with E-state index in [1.807, 2.05) is 6.07 Å². The third-order valence-electron chi connectivity index (χ3n) is 4.68. The van der Waals surface area contributed by atoms with E-state index in [1.54, 1.807) is 48.7 Å². The Bertz CT molecular complexity index is 1550. The van der Waals surface area contributed by atoms with Gasteiger partial charge in [0.05, 0.1) is 41.2 Å². The molecule has 2 aromatic heterocycles. The zero-order chi connectivity index (χ0) is 22.2. The van der Waals surface area contributed by atoms with Gasteiger partial charge >= 0.3 is 5.69 Å². The van der Waals surface area contributed by atoms with Crippen LogP contribution in [0.25, 0.3) is 16.7 Å². The van der Waals surface area contributed by atoms with E-state index in [0.29, 0.717) is 16.6 Å². The van der Waals surface area contributed by atoms with Gasteiger partial charge in [-0.25, -0.2) is 17.8 Å². The van der Waals surface area contributed by atoms with E-state index < -0.39 is 21.3 Å². The molecule has 2 aromatic carbocycles. The Kier molecular flexibility index (Phi) is 4.96. The van der Waals surface area contributed by atoms with E-state index >= 15 is 0 Å². The van der Waals surface area contributed by atoms with Crippen LogP contribution < -0.4 is 16.0 Å². The first-order valence-corrected chi connectivity index (χ1v) is 11.1. The van der Waals surface area contributed by atoms with Gasteiger partial charge in [0.25, 0.3) is 5.56 Å². The first-order valence-electron chi connectivity index (χ1n) is 9.17. The van der Waals surface area contributed by atoms with Crippen LogP contribution in [0.4, 0.5) is 5.69 Å². The summed E-state index contributed by atoms with van der Waals surface area (Å²) >= 11 is 0. The molecule has 0 amide bonds. The number of fused-ring (bicyclic) bond motifs is 1. The summed E-state index contributed by atoms with van der Waals surface area (Å²) in [5, 5.41) is 9.29. The molecule has 2 heterocycles. The minimum absolute atomic E-state index is 0.170. The molecule has 10 heteroatoms. The number of hydrogen-bond acceptors (Lipinski definition) is 5. The van der Waals surface area contributed by atoms with Gasteiger partial charge in [0.15, 0.2) is 0 Å². The van der Waals surface area contributed by atoms with Crippen molar-refractivity contribution in [2.24, 2.45) is 0 Å². The Balaban J connectivity index is 1.89. The molecule has 0 unspecified atom stereocenters. The number of H-pyrrole nitrogens is 1. The first-order chi connectivity index (χ1) is 14.8. The van der Waals surface area contributed by atoms with Gasteiger partial charge in [0, 0.05) is 6.20 Å². The highest BCUT2D eigenvalue weighted by Crippen LogP contribution is 2.15. The summed E-state index contributed by atoms with van der Waals surface area (Å²) in [6.45, 7) is 0.170. The van der Waals surface area contributed by atoms with Gasteiger partial charge in [-0.3, -0.25) is 14.1 Å². The molecule has 4 aromatic rings. The molecule has 0 aliphatic heterocycles. The van der Waals surface area contributed by atoms with E-state index in [4.69, 9.17) is 5.26 Å². The summed E-state index contributed by atoms with van der Waals surface area (Å²) in [5.41, 5.74) is 1.02. The molecule has 4 rings (SSSR count). The fourth-order valence-electron chi connectivity index (χ4n) is 3.34. The lowest BCUT2D eigenvalue weighted by atomic mass is 10.1. The second kappa shape index (κ2) is 7.62. The lowest BCUT2D eigenvalue weighted by molar-refractivity contribution is 0.607. The van der Waals surface area contributed by atoms with Gasteiger partial charge in [-0.15, -0.1) is 0 Å². The summed E-state index contributed by atoms with van der Waals surface area (Å²) in [7, 11) is -3.53. The average molecular weight is 435 g/mol. The predicted molar refractivity (Wildman–Crippen MR) is 117 cm³/mol. The fraction of sp³-hybridized carbons (Fsp3) is 0.0952. The summed E-state index contributed by atoms with van der Waals surface area (Å²) < 4.78 is 27.9. The molecule has 0 atom stereocenters. The molecule has 9 nitrogen and oxygen atoms in total. The molecule has 0 saturated carbocycles. The topological polar surface area (TPSA) is 130 Å². The standard InChI is InChI=1S/C21H17N5O4S/c1-31(29,30)24-16-3-2-4-17(11-16)26-20(27)18-9-10-23-19(18)25(21(26)28)13-15-7-5-14(12-22)6-8-15/h2-11,23-24H,13H2,1H3. The smallest absolute Gasteiger partial charge is 0.337 e. The molecular formula is C21H17N5O4S. The van der Waals surface area contributed by atoms with Crippen molar-refractivity contribution in [2.45, 2.75) is 6.54 Å². The third-order valence-corrected chi connectivity index (χ3v) is 5.29. The van der Waals surface area contributed by atoms with E-state index in [0.717, 1.165) is 16.4 Å². The van der Waals surface area contributed by atoms with Gasteiger partial charge < -0.3 is 4.98 Å². The molecule has 156 valence electrons. The maximum Gasteiger partial charge on any atom is 0.337 e. The van der Waals surface area contributed by atoms with Crippen molar-refractivity contribution in [3.05, 3.63) is 92.8 Å². The molecule has 0 aliphatic rings. The van der Waals surface area contributed by atoms with Crippen LogP contribution >= 0.6 is 0 Å². The van der Waals surface area contributed by atoms with Crippen LogP contribution in [0.1, 0.15) is 11.1 Å². The van der Waals surface area contributed by atoms with Crippen molar-refractivity contribution in [1.82, 2.24) is 14.1 Å². The second-order valence-corrected chi connectivity index (χ2v) is 8.73. The van der Waals surface area contributed by atoms with Crippen molar-refractivity contribution in [1.29, 1.82) is 5.26 Å². The molecule has 0 saturated heterocycles. The van der Waals surface area contributed by atoms with Gasteiger partial charge in [0.2, 0.25) is 10.0 Å². The largest absolute Gasteiger partial charge is 0.347 e. The number of nitrogens with zero attached hydrogens (tertiary/aromatic N) is 3. The molecule has 2 N–H and O–H groups in total. The van der Waals surface area contributed by atoms with Gasteiger partial charge in [-0.05, 0) is 42.0 Å². The predicted octanol–water partition coefficient (Wildman–Crippen LogP) is 1.77. The highest BCUT2D eigenvalue weighted by molar-refractivity contribution is 7.92. The number of nitrogens with one attached hydrogen (secondary N) is 2. The second-order valence-electron chi connectivity index (χ2n) is 6.98. The number of benzene rings is 2. The number of nitriles is 1. The van der Waals surface area contributed by atoms with Crippen molar-refractivity contribution in [3.63, 3.8) is 0 Å². The molecule has 0 spiro atoms. The van der Waals surface area contributed by atoms with Crippen molar-refractivity contribution in [3.8, 4) is 11.8 Å². The van der Waals surface area contributed by atoms with Crippen LogP contribution in [0.15, 0.2) is 70.4 Å². The summed E-state index contributed by atoms with van der Waals surface area (Å²) in [4.78, 5) is 29.3. The van der Waals surface area contributed by atoms with Crippen molar-refractivity contribution >= 4 is 26.7 Å². The lowest BCUT2D eigenvalue weighted by Gasteiger charge is -2.13. The van der Waals surface area contributed by atoms with E-state index in [2.05, 4.69) is 9.71 Å². The van der Waals surface area contributed by atoms with Crippen LogP contribution in [0.5, 0.6) is 0 Å². The van der Waals surface area contributed by atoms with E-state index in [1.165, 1.54) is 16.7 Å². The molecule has 31 heavy (non-hydrogen) atoms. The Labute approximate surface area is 176 Å². The number of sulfonamides is 1. The Hall–Kier alpha value is -4.10. The summed E-state index contributed by atoms with van der Waals surface area (Å²) in [5.74, 6) is 0. The zero-order valence-electron chi connectivity index (χ0n) is 16.4. The number of aromatic nitrogens is 3. The van der Waals surface area contributed by atoms with Crippen LogP contribution in [-0.4, -0.2) is 28.8 Å². The number of aromatic amines is 1. The van der Waals surface area contributed by atoms with Gasteiger partial charge in [-0.2, -0.15) is 5.26 Å². The molecule has 0 radical (unpaired) electrons. The quantitative estimate of drug-likeness (QED) is 0.493. The third kappa shape index (κ3) is 3.99. The lowest BCUT2D eigenvalue weighted by Crippen LogP contribution is -2.39. The average Bonchev–Trinajstić information content (AvgIpc) is 3.21. The zero-order valence-corrected chi connectivity index (χ0v) is 17.2. The minimum Gasteiger partial charge on any atom is -0.347 e. The molecule has 0 fully saturated rings. The van der Waals surface area contributed by atoms with Crippen LogP contribution in [-0.2, 0) is 16.6 Å². The highest BCUT2D eigenvalue weighted by atomic mass is 32.2. The SMILES string of the molecule is CS(=O)(=O)Nc1cccc(-n2c(=O)c3cc[nH]c3n(Cc3ccc(C#N)cc3)c2=O)c1. The van der Waals surface area contributed by atoms with Gasteiger partial charge in [0.1, 0.15) is 5.65 Å². The monoisotopic (exact) mass is 435 g/mol. The molecule has 0 bridgehead atoms. The summed E-state index contributed by atoms with van der Waals surface area (Å²) in [6.07, 6.45) is 2.59. The number of anilines is 1. The summed E-state index contributed by atoms with van der Waals surface area (Å²) in [6, 6.07) is 16.5. The van der Waals surface area contributed by atoms with Crippen LogP contribution in [0.2, 0.25) is 0 Å². The highest BCUT2D eigenvalue weighted by Gasteiger charge is 2.16. The van der Waals surface area contributed by atoms with Crippen molar-refractivity contribution in [2.75, 3.05) is 11.0 Å². The maximum atomic E-state index is 13.3. The fourth-order valence-corrected chi connectivity index (χ4v) is 3.90. The minimum atomic E-state index is -3.53. The molecule has 0 aliphatic carbocycles. The van der Waals surface area contributed by atoms with Crippen molar-refractivity contribution < 1.29 is 8.42 Å². The first kappa shape index (κ1) is 20.2. The molecular weight excluding hydrogens is 418 g/mol. The number of rotatable bonds is 5. The Morgan fingerprint density at radius 3 is 2.52 bits per heavy atom. The van der Waals surface area contributed by atoms with Gasteiger partial charge in [-0.1, -0.05) is 18.2 Å². The van der Waals surface area contributed by atoms with Crippen LogP contribution in [0.3, 0.4) is 0 Å². The number of hydrogen-bond donors (Lipinski definition) is 2.